The van der Waals surface area contributed by atoms with Crippen molar-refractivity contribution < 1.29 is 28.1 Å². The lowest BCUT2D eigenvalue weighted by molar-refractivity contribution is 0.167. The van der Waals surface area contributed by atoms with Gasteiger partial charge < -0.3 is 25.0 Å². The van der Waals surface area contributed by atoms with Crippen molar-refractivity contribution in [2.75, 3.05) is 31.7 Å². The molecule has 0 aliphatic heterocycles. The Hall–Kier alpha value is -2.79. The van der Waals surface area contributed by atoms with Crippen LogP contribution in [-0.4, -0.2) is 51.8 Å². The minimum atomic E-state index is -3.55. The predicted octanol–water partition coefficient (Wildman–Crippen LogP) is 4.02. The topological polar surface area (TPSA) is 117 Å². The highest BCUT2D eigenvalue weighted by Gasteiger charge is 2.18. The Labute approximate surface area is 220 Å². The first-order valence-electron chi connectivity index (χ1n) is 11.3. The SMILES string of the molecule is COc1ccc([C@@H](Cc2ccc(Br)cc2)NC[C@@H](O)Cc2ccc(O)c(NS(C)(=O)=O)c2)cc1OC. The number of sulfonamides is 1. The highest BCUT2D eigenvalue weighted by Crippen LogP contribution is 2.31. The molecule has 0 saturated heterocycles. The average molecular weight is 580 g/mol. The van der Waals surface area contributed by atoms with E-state index in [-0.39, 0.29) is 30.4 Å². The monoisotopic (exact) mass is 578 g/mol. The number of halogens is 1. The average Bonchev–Trinajstić information content (AvgIpc) is 2.83. The number of hydrogen-bond donors (Lipinski definition) is 4. The van der Waals surface area contributed by atoms with E-state index in [9.17, 15) is 18.6 Å². The number of ether oxygens (including phenoxy) is 2. The highest BCUT2D eigenvalue weighted by molar-refractivity contribution is 9.10. The fourth-order valence-corrected chi connectivity index (χ4v) is 4.68. The van der Waals surface area contributed by atoms with Gasteiger partial charge in [-0.05, 0) is 65.9 Å². The summed E-state index contributed by atoms with van der Waals surface area (Å²) in [6.07, 6.45) is 1.20. The van der Waals surface area contributed by atoms with Crippen LogP contribution in [0.5, 0.6) is 17.2 Å². The molecular weight excluding hydrogens is 548 g/mol. The van der Waals surface area contributed by atoms with Gasteiger partial charge in [0.05, 0.1) is 32.3 Å². The summed E-state index contributed by atoms with van der Waals surface area (Å²) in [5.41, 5.74) is 2.86. The zero-order chi connectivity index (χ0) is 26.3. The summed E-state index contributed by atoms with van der Waals surface area (Å²) < 4.78 is 37.2. The number of phenols is 1. The van der Waals surface area contributed by atoms with E-state index in [4.69, 9.17) is 9.47 Å². The van der Waals surface area contributed by atoms with Gasteiger partial charge in [0.25, 0.3) is 0 Å². The minimum absolute atomic E-state index is 0.0774. The Bertz CT molecular complexity index is 1270. The van der Waals surface area contributed by atoms with Crippen LogP contribution in [0.25, 0.3) is 0 Å². The van der Waals surface area contributed by atoms with Gasteiger partial charge in [0.15, 0.2) is 11.5 Å². The number of phenolic OH excluding ortho intramolecular Hbond substituents is 1. The summed E-state index contributed by atoms with van der Waals surface area (Å²) in [6.45, 7) is 0.283. The molecule has 0 aliphatic carbocycles. The van der Waals surface area contributed by atoms with Gasteiger partial charge in [-0.1, -0.05) is 40.2 Å². The Morgan fingerprint density at radius 1 is 0.917 bits per heavy atom. The number of rotatable bonds is 12. The molecule has 0 fully saturated rings. The molecule has 0 radical (unpaired) electrons. The van der Waals surface area contributed by atoms with Gasteiger partial charge in [-0.25, -0.2) is 8.42 Å². The quantitative estimate of drug-likeness (QED) is 0.240. The van der Waals surface area contributed by atoms with Gasteiger partial charge in [-0.3, -0.25) is 4.72 Å². The second-order valence-electron chi connectivity index (χ2n) is 8.49. The van der Waals surface area contributed by atoms with Crippen molar-refractivity contribution in [2.45, 2.75) is 25.0 Å². The molecule has 8 nitrogen and oxygen atoms in total. The van der Waals surface area contributed by atoms with Crippen LogP contribution >= 0.6 is 15.9 Å². The zero-order valence-corrected chi connectivity index (χ0v) is 22.8. The van der Waals surface area contributed by atoms with Crippen molar-refractivity contribution in [1.29, 1.82) is 0 Å². The number of aliphatic hydroxyl groups is 1. The zero-order valence-electron chi connectivity index (χ0n) is 20.4. The van der Waals surface area contributed by atoms with Crippen LogP contribution in [0.1, 0.15) is 22.7 Å². The van der Waals surface area contributed by atoms with Crippen molar-refractivity contribution >= 4 is 31.6 Å². The van der Waals surface area contributed by atoms with Crippen molar-refractivity contribution in [3.63, 3.8) is 0 Å². The molecule has 0 bridgehead atoms. The van der Waals surface area contributed by atoms with E-state index in [1.165, 1.54) is 12.1 Å². The van der Waals surface area contributed by atoms with E-state index < -0.39 is 16.1 Å². The van der Waals surface area contributed by atoms with Gasteiger partial charge in [0.2, 0.25) is 10.0 Å². The summed E-state index contributed by atoms with van der Waals surface area (Å²) in [5.74, 6) is 1.07. The first kappa shape index (κ1) is 27.8. The molecule has 3 rings (SSSR count). The molecular formula is C26H31BrN2O6S. The van der Waals surface area contributed by atoms with Crippen molar-refractivity contribution in [1.82, 2.24) is 5.32 Å². The lowest BCUT2D eigenvalue weighted by Crippen LogP contribution is -2.32. The van der Waals surface area contributed by atoms with Crippen LogP contribution in [-0.2, 0) is 22.9 Å². The summed E-state index contributed by atoms with van der Waals surface area (Å²) in [7, 11) is -0.368. The number of aliphatic hydroxyl groups excluding tert-OH is 1. The minimum Gasteiger partial charge on any atom is -0.506 e. The first-order valence-corrected chi connectivity index (χ1v) is 13.9. The highest BCUT2D eigenvalue weighted by atomic mass is 79.9. The number of benzene rings is 3. The molecule has 0 aromatic heterocycles. The van der Waals surface area contributed by atoms with E-state index in [1.54, 1.807) is 20.3 Å². The Balaban J connectivity index is 1.76. The van der Waals surface area contributed by atoms with Gasteiger partial charge in [0.1, 0.15) is 5.75 Å². The number of anilines is 1. The van der Waals surface area contributed by atoms with E-state index in [0.29, 0.717) is 23.5 Å². The summed E-state index contributed by atoms with van der Waals surface area (Å²) in [5, 5.41) is 24.2. The molecule has 0 spiro atoms. The molecule has 36 heavy (non-hydrogen) atoms. The second kappa shape index (κ2) is 12.4. The van der Waals surface area contributed by atoms with Crippen LogP contribution in [0, 0.1) is 0 Å². The fourth-order valence-electron chi connectivity index (χ4n) is 3.85. The predicted molar refractivity (Wildman–Crippen MR) is 144 cm³/mol. The van der Waals surface area contributed by atoms with Crippen LogP contribution < -0.4 is 19.5 Å². The summed E-state index contributed by atoms with van der Waals surface area (Å²) >= 11 is 3.47. The smallest absolute Gasteiger partial charge is 0.229 e. The number of aromatic hydroxyl groups is 1. The third kappa shape index (κ3) is 8.12. The van der Waals surface area contributed by atoms with Gasteiger partial charge in [-0.2, -0.15) is 0 Å². The molecule has 3 aromatic rings. The molecule has 0 unspecified atom stereocenters. The molecule has 0 amide bonds. The molecule has 194 valence electrons. The number of methoxy groups -OCH3 is 2. The fraction of sp³-hybridized carbons (Fsp3) is 0.308. The first-order chi connectivity index (χ1) is 17.1. The van der Waals surface area contributed by atoms with Crippen LogP contribution in [0.15, 0.2) is 65.1 Å². The number of nitrogens with one attached hydrogen (secondary N) is 2. The van der Waals surface area contributed by atoms with Crippen molar-refractivity contribution in [3.05, 3.63) is 81.8 Å². The van der Waals surface area contributed by atoms with Crippen LogP contribution in [0.2, 0.25) is 0 Å². The van der Waals surface area contributed by atoms with Crippen molar-refractivity contribution in [3.8, 4) is 17.2 Å². The molecule has 0 heterocycles. The maximum atomic E-state index is 11.6. The lowest BCUT2D eigenvalue weighted by Gasteiger charge is -2.23. The normalized spacial score (nSPS) is 13.1. The van der Waals surface area contributed by atoms with E-state index in [2.05, 4.69) is 26.0 Å². The standard InChI is InChI=1S/C26H31BrN2O6S/c1-34-25-11-7-19(15-26(25)35-2)22(13-17-4-8-20(27)9-5-17)28-16-21(30)12-18-6-10-24(31)23(14-18)29-36(3,32)33/h4-11,14-15,21-22,28-31H,12-13,16H2,1-3H3/t21-,22+/m0/s1. The second-order valence-corrected chi connectivity index (χ2v) is 11.2. The van der Waals surface area contributed by atoms with E-state index >= 15 is 0 Å². The Kier molecular flexibility index (Phi) is 9.61. The molecule has 0 aliphatic rings. The Morgan fingerprint density at radius 3 is 2.22 bits per heavy atom. The number of hydrogen-bond acceptors (Lipinski definition) is 7. The molecule has 0 saturated carbocycles. The van der Waals surface area contributed by atoms with E-state index in [0.717, 1.165) is 21.9 Å². The molecule has 4 N–H and O–H groups in total. The van der Waals surface area contributed by atoms with Gasteiger partial charge in [-0.15, -0.1) is 0 Å². The summed E-state index contributed by atoms with van der Waals surface area (Å²) in [6, 6.07) is 18.3. The third-order valence-electron chi connectivity index (χ3n) is 5.59. The molecule has 2 atom stereocenters. The van der Waals surface area contributed by atoms with Crippen LogP contribution in [0.3, 0.4) is 0 Å². The lowest BCUT2D eigenvalue weighted by atomic mass is 9.97. The third-order valence-corrected chi connectivity index (χ3v) is 6.71. The molecule has 3 aromatic carbocycles. The molecule has 10 heteroatoms. The van der Waals surface area contributed by atoms with Crippen molar-refractivity contribution in [2.24, 2.45) is 0 Å². The van der Waals surface area contributed by atoms with Gasteiger partial charge >= 0.3 is 0 Å². The van der Waals surface area contributed by atoms with Gasteiger partial charge in [0, 0.05) is 17.1 Å². The van der Waals surface area contributed by atoms with Crippen LogP contribution in [0.4, 0.5) is 5.69 Å². The maximum absolute atomic E-state index is 11.6. The Morgan fingerprint density at radius 2 is 1.58 bits per heavy atom. The maximum Gasteiger partial charge on any atom is 0.229 e. The van der Waals surface area contributed by atoms with E-state index in [1.807, 2.05) is 42.5 Å². The summed E-state index contributed by atoms with van der Waals surface area (Å²) in [4.78, 5) is 0. The largest absolute Gasteiger partial charge is 0.506 e.